The Bertz CT molecular complexity index is 2490. The molecule has 1 aromatic heterocycles. The van der Waals surface area contributed by atoms with E-state index in [0.29, 0.717) is 65.7 Å². The summed E-state index contributed by atoms with van der Waals surface area (Å²) in [7, 11) is 1.57. The number of allylic oxidation sites excluding steroid dienone is 2. The number of rotatable bonds is 7. The molecule has 0 saturated carbocycles. The maximum atomic E-state index is 14.7. The molecule has 0 radical (unpaired) electrons. The Hall–Kier alpha value is -5.77. The molecule has 5 atom stereocenters. The van der Waals surface area contributed by atoms with Gasteiger partial charge in [-0.2, -0.15) is 0 Å². The predicted octanol–water partition coefficient (Wildman–Crippen LogP) is 9.03. The molecule has 0 amide bonds. The molecule has 0 saturated heterocycles. The first-order valence-corrected chi connectivity index (χ1v) is 20.9. The van der Waals surface area contributed by atoms with Crippen LogP contribution in [0, 0.1) is 5.92 Å². The average Bonchev–Trinajstić information content (AvgIpc) is 3.24. The van der Waals surface area contributed by atoms with Gasteiger partial charge in [0.1, 0.15) is 16.9 Å². The first-order valence-electron chi connectivity index (χ1n) is 20.9. The van der Waals surface area contributed by atoms with E-state index in [1.807, 2.05) is 6.07 Å². The van der Waals surface area contributed by atoms with E-state index in [4.69, 9.17) is 23.4 Å². The summed E-state index contributed by atoms with van der Waals surface area (Å²) in [5.41, 5.74) is 5.82. The van der Waals surface area contributed by atoms with Crippen molar-refractivity contribution in [2.45, 2.75) is 88.9 Å². The SMILES string of the molecule is COCCc1cc2ccc3c(c2oc1=O)[C@H]1OC(=O)C[C@@H]2C[C@@H](c4cccc(Cc5ccccc5)c4)C=C[C@H]2c2ccc(cc2)CC/C(=C(\C)CO)C(=O)O[C@@H]1C(C)(C)O3. The van der Waals surface area contributed by atoms with Crippen LogP contribution >= 0.6 is 0 Å². The lowest BCUT2D eigenvalue weighted by atomic mass is 9.72. The zero-order chi connectivity index (χ0) is 42.0. The summed E-state index contributed by atoms with van der Waals surface area (Å²) in [6.07, 6.45) is 4.99. The van der Waals surface area contributed by atoms with Crippen molar-refractivity contribution >= 4 is 22.9 Å². The van der Waals surface area contributed by atoms with Crippen LogP contribution < -0.4 is 10.4 Å². The molecule has 5 aromatic rings. The summed E-state index contributed by atoms with van der Waals surface area (Å²) in [6, 6.07) is 32.8. The molecular formula is C51H52O9. The number of carbonyl (C=O) groups excluding carboxylic acids is 2. The zero-order valence-corrected chi connectivity index (χ0v) is 34.6. The Labute approximate surface area is 350 Å². The second-order valence-corrected chi connectivity index (χ2v) is 16.9. The molecule has 9 nitrogen and oxygen atoms in total. The van der Waals surface area contributed by atoms with Gasteiger partial charge in [-0.1, -0.05) is 91.0 Å². The molecule has 0 fully saturated rings. The number of aliphatic hydroxyl groups is 1. The maximum Gasteiger partial charge on any atom is 0.339 e. The molecule has 310 valence electrons. The van der Waals surface area contributed by atoms with Gasteiger partial charge in [0.25, 0.3) is 0 Å². The summed E-state index contributed by atoms with van der Waals surface area (Å²) < 4.78 is 30.7. The van der Waals surface area contributed by atoms with Crippen LogP contribution in [0.25, 0.3) is 11.0 Å². The first kappa shape index (κ1) is 41.0. The van der Waals surface area contributed by atoms with Gasteiger partial charge in [0, 0.05) is 48.3 Å². The summed E-state index contributed by atoms with van der Waals surface area (Å²) in [5.74, 6) is -0.889. The van der Waals surface area contributed by atoms with Crippen LogP contribution in [0.15, 0.2) is 130 Å². The molecule has 9 rings (SSSR count). The summed E-state index contributed by atoms with van der Waals surface area (Å²) in [4.78, 5) is 42.3. The molecule has 4 aliphatic rings. The Balaban J connectivity index is 1.20. The molecule has 60 heavy (non-hydrogen) atoms. The van der Waals surface area contributed by atoms with Crippen LogP contribution in [-0.2, 0) is 43.1 Å². The van der Waals surface area contributed by atoms with Crippen LogP contribution in [-0.4, -0.2) is 49.1 Å². The maximum absolute atomic E-state index is 14.7. The van der Waals surface area contributed by atoms with Crippen LogP contribution in [0.3, 0.4) is 0 Å². The van der Waals surface area contributed by atoms with E-state index in [9.17, 15) is 19.5 Å². The van der Waals surface area contributed by atoms with Gasteiger partial charge < -0.3 is 28.5 Å². The standard InChI is InChI=1S/C51H52O9/c1-31(30-52)41-20-15-32-13-16-35(17-14-32)42-21-18-37(36-12-8-11-34(26-36)25-33-9-6-5-7-10-33)27-40(42)29-44(53)57-47-45-43(60-51(2,3)48(47)59-50(41)55)22-19-38-28-39(23-24-56-4)49(54)58-46(38)45/h5-14,16-19,21-22,26,28,37,40,42,47-48,52H,15,20,23-25,27,29-30H2,1-4H3/b41-31-/t37-,40-,42-,47+,48-/m0/s1. The molecule has 0 unspecified atom stereocenters. The van der Waals surface area contributed by atoms with Crippen LogP contribution in [0.4, 0.5) is 0 Å². The summed E-state index contributed by atoms with van der Waals surface area (Å²) in [5, 5.41) is 10.8. The molecule has 4 heterocycles. The van der Waals surface area contributed by atoms with Crippen molar-refractivity contribution in [1.82, 2.24) is 0 Å². The van der Waals surface area contributed by atoms with E-state index in [1.165, 1.54) is 16.7 Å². The van der Waals surface area contributed by atoms with E-state index >= 15 is 0 Å². The minimum atomic E-state index is -1.19. The third-order valence-electron chi connectivity index (χ3n) is 12.4. The number of benzene rings is 4. The number of hydrogen-bond acceptors (Lipinski definition) is 9. The molecule has 1 N–H and O–H groups in total. The first-order chi connectivity index (χ1) is 29.0. The van der Waals surface area contributed by atoms with Gasteiger partial charge in [0.05, 0.1) is 18.8 Å². The summed E-state index contributed by atoms with van der Waals surface area (Å²) >= 11 is 0. The Morgan fingerprint density at radius 2 is 1.63 bits per heavy atom. The van der Waals surface area contributed by atoms with Crippen molar-refractivity contribution in [3.8, 4) is 5.75 Å². The third-order valence-corrected chi connectivity index (χ3v) is 12.4. The minimum absolute atomic E-state index is 0.0632. The van der Waals surface area contributed by atoms with Gasteiger partial charge >= 0.3 is 17.6 Å². The summed E-state index contributed by atoms with van der Waals surface area (Å²) in [6.45, 7) is 5.27. The Morgan fingerprint density at radius 1 is 0.850 bits per heavy atom. The molecule has 1 aliphatic carbocycles. The molecule has 2 bridgehead atoms. The smallest absolute Gasteiger partial charge is 0.339 e. The van der Waals surface area contributed by atoms with E-state index in [1.54, 1.807) is 46.1 Å². The van der Waals surface area contributed by atoms with Crippen molar-refractivity contribution < 1.29 is 38.1 Å². The molecule has 4 aromatic carbocycles. The van der Waals surface area contributed by atoms with Crippen LogP contribution in [0.5, 0.6) is 5.75 Å². The van der Waals surface area contributed by atoms with Gasteiger partial charge in [-0.05, 0) is 104 Å². The lowest BCUT2D eigenvalue weighted by Gasteiger charge is -2.43. The number of ether oxygens (including phenoxy) is 4. The van der Waals surface area contributed by atoms with Crippen molar-refractivity contribution in [1.29, 1.82) is 0 Å². The molecule has 9 heteroatoms. The minimum Gasteiger partial charge on any atom is -0.483 e. The van der Waals surface area contributed by atoms with Crippen molar-refractivity contribution in [3.05, 3.63) is 170 Å². The van der Waals surface area contributed by atoms with E-state index in [-0.39, 0.29) is 36.4 Å². The normalized spacial score (nSPS) is 23.4. The van der Waals surface area contributed by atoms with E-state index in [2.05, 4.69) is 84.9 Å². The van der Waals surface area contributed by atoms with Gasteiger partial charge in [-0.15, -0.1) is 0 Å². The lowest BCUT2D eigenvalue weighted by Crippen LogP contribution is -2.52. The number of esters is 2. The predicted molar refractivity (Wildman–Crippen MR) is 229 cm³/mol. The number of methoxy groups -OCH3 is 1. The second kappa shape index (κ2) is 17.4. The molecule has 0 spiro atoms. The van der Waals surface area contributed by atoms with Crippen molar-refractivity contribution in [2.75, 3.05) is 20.3 Å². The molecule has 3 aliphatic heterocycles. The highest BCUT2D eigenvalue weighted by Crippen LogP contribution is 2.48. The van der Waals surface area contributed by atoms with Crippen LogP contribution in [0.2, 0.25) is 0 Å². The number of aryl methyl sites for hydroxylation is 1. The van der Waals surface area contributed by atoms with E-state index in [0.717, 1.165) is 17.5 Å². The van der Waals surface area contributed by atoms with Gasteiger partial charge in [0.2, 0.25) is 0 Å². The van der Waals surface area contributed by atoms with Crippen molar-refractivity contribution in [2.24, 2.45) is 5.92 Å². The largest absolute Gasteiger partial charge is 0.483 e. The quantitative estimate of drug-likeness (QED) is 0.0743. The zero-order valence-electron chi connectivity index (χ0n) is 34.6. The van der Waals surface area contributed by atoms with Gasteiger partial charge in [-0.25, -0.2) is 9.59 Å². The number of carbonyl (C=O) groups is 2. The van der Waals surface area contributed by atoms with Crippen molar-refractivity contribution in [3.63, 3.8) is 0 Å². The second-order valence-electron chi connectivity index (χ2n) is 16.9. The third kappa shape index (κ3) is 8.60. The highest BCUT2D eigenvalue weighted by molar-refractivity contribution is 5.90. The van der Waals surface area contributed by atoms with Gasteiger partial charge in [0.15, 0.2) is 12.2 Å². The number of hydrogen-bond donors (Lipinski definition) is 1. The monoisotopic (exact) mass is 808 g/mol. The Kier molecular flexibility index (Phi) is 11.9. The fourth-order valence-electron chi connectivity index (χ4n) is 9.08. The Morgan fingerprint density at radius 3 is 2.40 bits per heavy atom. The van der Waals surface area contributed by atoms with E-state index < -0.39 is 35.4 Å². The molecular weight excluding hydrogens is 757 g/mol. The van der Waals surface area contributed by atoms with Crippen LogP contribution in [0.1, 0.15) is 96.9 Å². The number of aliphatic hydroxyl groups excluding tert-OH is 1. The average molecular weight is 809 g/mol. The lowest BCUT2D eigenvalue weighted by molar-refractivity contribution is -0.188. The van der Waals surface area contributed by atoms with Gasteiger partial charge in [-0.3, -0.25) is 4.79 Å². The highest BCUT2D eigenvalue weighted by atomic mass is 16.6. The fourth-order valence-corrected chi connectivity index (χ4v) is 9.08. The fraction of sp³-hybridized carbons (Fsp3) is 0.353. The number of fused-ring (bicyclic) bond motifs is 11. The topological polar surface area (TPSA) is 122 Å². The highest BCUT2D eigenvalue weighted by Gasteiger charge is 2.51.